The number of amides is 1. The van der Waals surface area contributed by atoms with Gasteiger partial charge in [0.25, 0.3) is 15.9 Å². The zero-order chi connectivity index (χ0) is 19.3. The molecule has 1 aromatic carbocycles. The molecule has 1 aromatic heterocycles. The molecule has 0 saturated heterocycles. The Labute approximate surface area is 166 Å². The highest BCUT2D eigenvalue weighted by Crippen LogP contribution is 2.22. The van der Waals surface area contributed by atoms with E-state index in [0.717, 1.165) is 30.6 Å². The summed E-state index contributed by atoms with van der Waals surface area (Å²) in [5.74, 6) is -0.413. The van der Waals surface area contributed by atoms with Gasteiger partial charge in [0.05, 0.1) is 0 Å². The fourth-order valence-electron chi connectivity index (χ4n) is 2.68. The van der Waals surface area contributed by atoms with Gasteiger partial charge >= 0.3 is 0 Å². The molecule has 0 atom stereocenters. The zero-order valence-electron chi connectivity index (χ0n) is 14.4. The summed E-state index contributed by atoms with van der Waals surface area (Å²) in [6.07, 6.45) is 7.33. The fraction of sp³-hybridized carbons (Fsp3) is 0.353. The first kappa shape index (κ1) is 19.9. The first-order chi connectivity index (χ1) is 12.9. The Hall–Kier alpha value is -1.81. The Morgan fingerprint density at radius 1 is 1.19 bits per heavy atom. The van der Waals surface area contributed by atoms with Crippen LogP contribution >= 0.6 is 22.9 Å². The lowest BCUT2D eigenvalue weighted by molar-refractivity contribution is 0.102. The molecule has 27 heavy (non-hydrogen) atoms. The Bertz CT molecular complexity index is 939. The van der Waals surface area contributed by atoms with Crippen molar-refractivity contribution in [1.82, 2.24) is 14.9 Å². The second-order valence-electron chi connectivity index (χ2n) is 6.09. The van der Waals surface area contributed by atoms with Crippen LogP contribution in [0.25, 0.3) is 0 Å². The van der Waals surface area contributed by atoms with Crippen molar-refractivity contribution >= 4 is 44.0 Å². The number of hydrogen-bond donors (Lipinski definition) is 2. The lowest BCUT2D eigenvalue weighted by Crippen LogP contribution is -2.25. The molecule has 1 aliphatic carbocycles. The van der Waals surface area contributed by atoms with Gasteiger partial charge in [-0.3, -0.25) is 10.1 Å². The van der Waals surface area contributed by atoms with Gasteiger partial charge in [0, 0.05) is 17.1 Å². The van der Waals surface area contributed by atoms with E-state index in [1.807, 2.05) is 0 Å². The number of anilines is 1. The smallest absolute Gasteiger partial charge is 0.269 e. The summed E-state index contributed by atoms with van der Waals surface area (Å²) in [6, 6.07) is 6.33. The molecular weight excluding hydrogens is 408 g/mol. The third-order valence-electron chi connectivity index (χ3n) is 4.09. The van der Waals surface area contributed by atoms with Crippen LogP contribution in [0.1, 0.15) is 42.5 Å². The van der Waals surface area contributed by atoms with Gasteiger partial charge in [-0.05, 0) is 56.4 Å². The molecule has 0 spiro atoms. The van der Waals surface area contributed by atoms with Crippen LogP contribution in [0.15, 0.2) is 40.3 Å². The van der Waals surface area contributed by atoms with Gasteiger partial charge in [0.1, 0.15) is 0 Å². The van der Waals surface area contributed by atoms with E-state index in [-0.39, 0.29) is 9.47 Å². The molecule has 0 radical (unpaired) electrons. The predicted octanol–water partition coefficient (Wildman–Crippen LogP) is 3.61. The fourth-order valence-corrected chi connectivity index (χ4v) is 4.77. The quantitative estimate of drug-likeness (QED) is 0.520. The number of sulfonamides is 1. The van der Waals surface area contributed by atoms with Gasteiger partial charge in [-0.2, -0.15) is 0 Å². The molecule has 1 amide bonds. The molecule has 0 fully saturated rings. The second kappa shape index (κ2) is 8.92. The Kier molecular flexibility index (Phi) is 6.59. The standard InChI is InChI=1S/C17H19ClN4O3S2/c18-14-8-6-13(7-9-14)15(23)20-16-21-22-17(26-16)27(24,25)19-11-10-12-4-2-1-3-5-12/h4,6-9,19H,1-3,5,10-11H2,(H,20,21,23). The maximum atomic E-state index is 12.3. The Morgan fingerprint density at radius 2 is 1.96 bits per heavy atom. The van der Waals surface area contributed by atoms with Crippen LogP contribution in [0.5, 0.6) is 0 Å². The highest BCUT2D eigenvalue weighted by atomic mass is 35.5. The Morgan fingerprint density at radius 3 is 2.67 bits per heavy atom. The highest BCUT2D eigenvalue weighted by Gasteiger charge is 2.21. The molecule has 2 N–H and O–H groups in total. The molecule has 3 rings (SSSR count). The highest BCUT2D eigenvalue weighted by molar-refractivity contribution is 7.91. The second-order valence-corrected chi connectivity index (χ2v) is 9.44. The number of nitrogens with one attached hydrogen (secondary N) is 2. The molecule has 0 bridgehead atoms. The lowest BCUT2D eigenvalue weighted by Gasteiger charge is -2.12. The third kappa shape index (κ3) is 5.58. The maximum absolute atomic E-state index is 12.3. The van der Waals surface area contributed by atoms with Crippen molar-refractivity contribution in [3.8, 4) is 0 Å². The van der Waals surface area contributed by atoms with Crippen LogP contribution in [-0.4, -0.2) is 31.1 Å². The van der Waals surface area contributed by atoms with Crippen molar-refractivity contribution in [2.24, 2.45) is 0 Å². The number of nitrogens with zero attached hydrogens (tertiary/aromatic N) is 2. The Balaban J connectivity index is 1.57. The summed E-state index contributed by atoms with van der Waals surface area (Å²) >= 11 is 6.60. The van der Waals surface area contributed by atoms with Gasteiger partial charge in [0.2, 0.25) is 9.47 Å². The molecule has 7 nitrogen and oxygen atoms in total. The van der Waals surface area contributed by atoms with E-state index >= 15 is 0 Å². The van der Waals surface area contributed by atoms with Crippen LogP contribution in [0.2, 0.25) is 5.02 Å². The molecule has 0 saturated carbocycles. The van der Waals surface area contributed by atoms with Crippen LogP contribution in [-0.2, 0) is 10.0 Å². The van der Waals surface area contributed by atoms with E-state index in [9.17, 15) is 13.2 Å². The average molecular weight is 427 g/mol. The summed E-state index contributed by atoms with van der Waals surface area (Å²) < 4.78 is 27.0. The normalized spacial score (nSPS) is 14.6. The van der Waals surface area contributed by atoms with Crippen molar-refractivity contribution in [2.45, 2.75) is 36.4 Å². The number of carbonyl (C=O) groups excluding carboxylic acids is 1. The van der Waals surface area contributed by atoms with Crippen LogP contribution in [0.4, 0.5) is 5.13 Å². The summed E-state index contributed by atoms with van der Waals surface area (Å²) in [6.45, 7) is 0.320. The number of halogens is 1. The monoisotopic (exact) mass is 426 g/mol. The molecule has 2 aromatic rings. The predicted molar refractivity (Wildman–Crippen MR) is 106 cm³/mol. The van der Waals surface area contributed by atoms with Crippen molar-refractivity contribution in [2.75, 3.05) is 11.9 Å². The molecule has 0 unspecified atom stereocenters. The van der Waals surface area contributed by atoms with Gasteiger partial charge < -0.3 is 0 Å². The topological polar surface area (TPSA) is 101 Å². The summed E-state index contributed by atoms with van der Waals surface area (Å²) in [7, 11) is -3.75. The van der Waals surface area contributed by atoms with E-state index in [4.69, 9.17) is 11.6 Å². The minimum absolute atomic E-state index is 0.116. The van der Waals surface area contributed by atoms with Crippen molar-refractivity contribution in [3.63, 3.8) is 0 Å². The molecule has 144 valence electrons. The molecule has 0 aliphatic heterocycles. The number of carbonyl (C=O) groups is 1. The zero-order valence-corrected chi connectivity index (χ0v) is 16.8. The SMILES string of the molecule is O=C(Nc1nnc(S(=O)(=O)NCCC2=CCCCC2)s1)c1ccc(Cl)cc1. The largest absolute Gasteiger partial charge is 0.296 e. The minimum atomic E-state index is -3.75. The lowest BCUT2D eigenvalue weighted by atomic mass is 9.97. The van der Waals surface area contributed by atoms with Gasteiger partial charge in [-0.25, -0.2) is 13.1 Å². The number of rotatable bonds is 7. The van der Waals surface area contributed by atoms with E-state index in [1.54, 1.807) is 24.3 Å². The average Bonchev–Trinajstić information content (AvgIpc) is 3.12. The molecule has 10 heteroatoms. The van der Waals surface area contributed by atoms with Crippen LogP contribution < -0.4 is 10.0 Å². The van der Waals surface area contributed by atoms with E-state index in [2.05, 4.69) is 26.3 Å². The van der Waals surface area contributed by atoms with E-state index < -0.39 is 15.9 Å². The van der Waals surface area contributed by atoms with E-state index in [0.29, 0.717) is 23.6 Å². The van der Waals surface area contributed by atoms with Crippen molar-refractivity contribution in [3.05, 3.63) is 46.5 Å². The van der Waals surface area contributed by atoms with Crippen molar-refractivity contribution < 1.29 is 13.2 Å². The minimum Gasteiger partial charge on any atom is -0.296 e. The first-order valence-corrected chi connectivity index (χ1v) is 11.2. The number of hydrogen-bond acceptors (Lipinski definition) is 6. The van der Waals surface area contributed by atoms with E-state index in [1.165, 1.54) is 12.0 Å². The number of allylic oxidation sites excluding steroid dienone is 1. The maximum Gasteiger partial charge on any atom is 0.269 e. The summed E-state index contributed by atoms with van der Waals surface area (Å²) in [5, 5.41) is 10.6. The van der Waals surface area contributed by atoms with Crippen LogP contribution in [0.3, 0.4) is 0 Å². The van der Waals surface area contributed by atoms with Crippen molar-refractivity contribution in [1.29, 1.82) is 0 Å². The van der Waals surface area contributed by atoms with Gasteiger partial charge in [-0.1, -0.05) is 34.6 Å². The molecular formula is C17H19ClN4O3S2. The number of benzene rings is 1. The summed E-state index contributed by atoms with van der Waals surface area (Å²) in [4.78, 5) is 12.1. The van der Waals surface area contributed by atoms with Gasteiger partial charge in [0.15, 0.2) is 0 Å². The van der Waals surface area contributed by atoms with Gasteiger partial charge in [-0.15, -0.1) is 10.2 Å². The number of aromatic nitrogens is 2. The molecule has 1 aliphatic rings. The van der Waals surface area contributed by atoms with Crippen LogP contribution in [0, 0.1) is 0 Å². The first-order valence-electron chi connectivity index (χ1n) is 8.52. The summed E-state index contributed by atoms with van der Waals surface area (Å²) in [5.41, 5.74) is 1.68. The third-order valence-corrected chi connectivity index (χ3v) is 7.01. The molecule has 1 heterocycles.